The second kappa shape index (κ2) is 4.29. The first kappa shape index (κ1) is 10.8. The van der Waals surface area contributed by atoms with Crippen LogP contribution in [-0.2, 0) is 0 Å². The second-order valence-electron chi connectivity index (χ2n) is 2.85. The van der Waals surface area contributed by atoms with E-state index >= 15 is 0 Å². The van der Waals surface area contributed by atoms with Crippen LogP contribution in [0.3, 0.4) is 0 Å². The summed E-state index contributed by atoms with van der Waals surface area (Å²) in [5, 5.41) is 19.5. The average Bonchev–Trinajstić information content (AvgIpc) is 2.03. The lowest BCUT2D eigenvalue weighted by Crippen LogP contribution is -2.14. The van der Waals surface area contributed by atoms with Crippen molar-refractivity contribution in [3.8, 4) is 0 Å². The molecule has 2 N–H and O–H groups in total. The quantitative estimate of drug-likeness (QED) is 0.804. The predicted octanol–water partition coefficient (Wildman–Crippen LogP) is 2.41. The third kappa shape index (κ3) is 2.58. The third-order valence-corrected chi connectivity index (χ3v) is 2.30. The molecule has 2 nitrogen and oxygen atoms in total. The molecule has 0 unspecified atom stereocenters. The van der Waals surface area contributed by atoms with Gasteiger partial charge in [-0.1, -0.05) is 29.3 Å². The van der Waals surface area contributed by atoms with Crippen LogP contribution in [0.15, 0.2) is 18.2 Å². The Morgan fingerprint density at radius 1 is 1.23 bits per heavy atom. The topological polar surface area (TPSA) is 40.5 Å². The van der Waals surface area contributed by atoms with E-state index in [1.165, 1.54) is 13.0 Å². The number of rotatable bonds is 2. The fourth-order valence-electron chi connectivity index (χ4n) is 1.00. The molecular formula is C9H10Cl2O2. The minimum atomic E-state index is -0.968. The summed E-state index contributed by atoms with van der Waals surface area (Å²) in [6.45, 7) is 1.50. The first-order valence-electron chi connectivity index (χ1n) is 3.83. The molecule has 2 atom stereocenters. The summed E-state index contributed by atoms with van der Waals surface area (Å²) in [5.41, 5.74) is 0.487. The molecule has 0 fully saturated rings. The SMILES string of the molecule is C[C@@H](O)[C@H](O)c1ccc(Cl)cc1Cl. The molecule has 0 saturated carbocycles. The maximum atomic E-state index is 9.49. The summed E-state index contributed by atoms with van der Waals surface area (Å²) in [6.07, 6.45) is -1.82. The Kier molecular flexibility index (Phi) is 3.56. The fraction of sp³-hybridized carbons (Fsp3) is 0.333. The van der Waals surface area contributed by atoms with Crippen molar-refractivity contribution >= 4 is 23.2 Å². The molecule has 0 heterocycles. The van der Waals surface area contributed by atoms with Gasteiger partial charge in [0.25, 0.3) is 0 Å². The van der Waals surface area contributed by atoms with Gasteiger partial charge >= 0.3 is 0 Å². The number of halogens is 2. The normalized spacial score (nSPS) is 15.5. The Balaban J connectivity index is 3.01. The van der Waals surface area contributed by atoms with Gasteiger partial charge in [0.15, 0.2) is 0 Å². The molecule has 1 aromatic rings. The molecule has 0 radical (unpaired) electrons. The zero-order chi connectivity index (χ0) is 10.0. The molecule has 0 aliphatic rings. The molecule has 0 amide bonds. The Labute approximate surface area is 86.7 Å². The van der Waals surface area contributed by atoms with Crippen LogP contribution in [0, 0.1) is 0 Å². The van der Waals surface area contributed by atoms with Gasteiger partial charge in [0, 0.05) is 15.6 Å². The summed E-state index contributed by atoms with van der Waals surface area (Å²) in [6, 6.07) is 4.75. The van der Waals surface area contributed by atoms with Crippen molar-refractivity contribution < 1.29 is 10.2 Å². The first-order chi connectivity index (χ1) is 6.02. The second-order valence-corrected chi connectivity index (χ2v) is 3.69. The zero-order valence-corrected chi connectivity index (χ0v) is 8.55. The number of hydrogen-bond donors (Lipinski definition) is 2. The van der Waals surface area contributed by atoms with Crippen molar-refractivity contribution in [2.24, 2.45) is 0 Å². The number of benzene rings is 1. The Bertz CT molecular complexity index is 300. The zero-order valence-electron chi connectivity index (χ0n) is 7.04. The van der Waals surface area contributed by atoms with Crippen molar-refractivity contribution in [3.05, 3.63) is 33.8 Å². The number of aliphatic hydroxyl groups excluding tert-OH is 2. The molecule has 1 aromatic carbocycles. The molecule has 0 aliphatic carbocycles. The van der Waals surface area contributed by atoms with Gasteiger partial charge < -0.3 is 10.2 Å². The molecular weight excluding hydrogens is 211 g/mol. The van der Waals surface area contributed by atoms with Gasteiger partial charge in [-0.3, -0.25) is 0 Å². The van der Waals surface area contributed by atoms with Gasteiger partial charge in [-0.25, -0.2) is 0 Å². The Morgan fingerprint density at radius 2 is 1.85 bits per heavy atom. The third-order valence-electron chi connectivity index (χ3n) is 1.74. The standard InChI is InChI=1S/C9H10Cl2O2/c1-5(12)9(13)7-3-2-6(10)4-8(7)11/h2-5,9,12-13H,1H3/t5-,9+/m1/s1. The molecule has 13 heavy (non-hydrogen) atoms. The van der Waals surface area contributed by atoms with Crippen LogP contribution in [0.2, 0.25) is 10.0 Å². The van der Waals surface area contributed by atoms with E-state index in [1.807, 2.05) is 0 Å². The monoisotopic (exact) mass is 220 g/mol. The van der Waals surface area contributed by atoms with Crippen LogP contribution in [0.5, 0.6) is 0 Å². The summed E-state index contributed by atoms with van der Waals surface area (Å²) < 4.78 is 0. The van der Waals surface area contributed by atoms with Gasteiger partial charge in [-0.15, -0.1) is 0 Å². The average molecular weight is 221 g/mol. The number of hydrogen-bond acceptors (Lipinski definition) is 2. The van der Waals surface area contributed by atoms with Gasteiger partial charge in [0.2, 0.25) is 0 Å². The first-order valence-corrected chi connectivity index (χ1v) is 4.59. The summed E-state index contributed by atoms with van der Waals surface area (Å²) in [5.74, 6) is 0. The van der Waals surface area contributed by atoms with E-state index in [1.54, 1.807) is 12.1 Å². The van der Waals surface area contributed by atoms with E-state index in [4.69, 9.17) is 28.3 Å². The molecule has 1 rings (SSSR count). The summed E-state index contributed by atoms with van der Waals surface area (Å²) in [4.78, 5) is 0. The highest BCUT2D eigenvalue weighted by Crippen LogP contribution is 2.27. The largest absolute Gasteiger partial charge is 0.390 e. The lowest BCUT2D eigenvalue weighted by molar-refractivity contribution is 0.0306. The van der Waals surface area contributed by atoms with Crippen LogP contribution >= 0.6 is 23.2 Å². The highest BCUT2D eigenvalue weighted by atomic mass is 35.5. The minimum absolute atomic E-state index is 0.362. The van der Waals surface area contributed by atoms with Gasteiger partial charge in [0.05, 0.1) is 6.10 Å². The highest BCUT2D eigenvalue weighted by molar-refractivity contribution is 6.35. The van der Waals surface area contributed by atoms with E-state index in [9.17, 15) is 5.11 Å². The van der Waals surface area contributed by atoms with E-state index in [0.717, 1.165) is 0 Å². The smallest absolute Gasteiger partial charge is 0.106 e. The molecule has 0 bridgehead atoms. The van der Waals surface area contributed by atoms with Crippen LogP contribution in [0.25, 0.3) is 0 Å². The molecule has 4 heteroatoms. The van der Waals surface area contributed by atoms with Crippen LogP contribution < -0.4 is 0 Å². The molecule has 0 saturated heterocycles. The van der Waals surface area contributed by atoms with Gasteiger partial charge in [-0.2, -0.15) is 0 Å². The summed E-state index contributed by atoms with van der Waals surface area (Å²) in [7, 11) is 0. The Hall–Kier alpha value is -0.280. The van der Waals surface area contributed by atoms with Crippen molar-refractivity contribution in [1.29, 1.82) is 0 Å². The van der Waals surface area contributed by atoms with Crippen molar-refractivity contribution in [2.75, 3.05) is 0 Å². The fourth-order valence-corrected chi connectivity index (χ4v) is 1.52. The van der Waals surface area contributed by atoms with E-state index in [-0.39, 0.29) is 0 Å². The Morgan fingerprint density at radius 3 is 2.31 bits per heavy atom. The number of aliphatic hydroxyl groups is 2. The van der Waals surface area contributed by atoms with Crippen LogP contribution in [-0.4, -0.2) is 16.3 Å². The van der Waals surface area contributed by atoms with Crippen molar-refractivity contribution in [1.82, 2.24) is 0 Å². The van der Waals surface area contributed by atoms with E-state index in [2.05, 4.69) is 0 Å². The summed E-state index contributed by atoms with van der Waals surface area (Å²) >= 11 is 11.5. The van der Waals surface area contributed by atoms with Crippen molar-refractivity contribution in [2.45, 2.75) is 19.1 Å². The van der Waals surface area contributed by atoms with E-state index < -0.39 is 12.2 Å². The molecule has 0 aromatic heterocycles. The minimum Gasteiger partial charge on any atom is -0.390 e. The van der Waals surface area contributed by atoms with Crippen LogP contribution in [0.4, 0.5) is 0 Å². The van der Waals surface area contributed by atoms with Gasteiger partial charge in [0.1, 0.15) is 6.10 Å². The van der Waals surface area contributed by atoms with Crippen molar-refractivity contribution in [3.63, 3.8) is 0 Å². The molecule has 0 spiro atoms. The molecule has 0 aliphatic heterocycles. The maximum Gasteiger partial charge on any atom is 0.106 e. The van der Waals surface area contributed by atoms with Crippen LogP contribution in [0.1, 0.15) is 18.6 Å². The lowest BCUT2D eigenvalue weighted by atomic mass is 10.1. The predicted molar refractivity (Wildman–Crippen MR) is 53.1 cm³/mol. The van der Waals surface area contributed by atoms with Gasteiger partial charge in [-0.05, 0) is 19.1 Å². The lowest BCUT2D eigenvalue weighted by Gasteiger charge is -2.15. The van der Waals surface area contributed by atoms with E-state index in [0.29, 0.717) is 15.6 Å². The molecule has 72 valence electrons. The highest BCUT2D eigenvalue weighted by Gasteiger charge is 2.16. The maximum absolute atomic E-state index is 9.49.